The number of allylic oxidation sites excluding steroid dienone is 1. The van der Waals surface area contributed by atoms with Crippen LogP contribution in [0.15, 0.2) is 65.4 Å². The van der Waals surface area contributed by atoms with E-state index in [4.69, 9.17) is 14.6 Å². The Bertz CT molecular complexity index is 1640. The van der Waals surface area contributed by atoms with Crippen LogP contribution in [-0.4, -0.2) is 83.9 Å². The summed E-state index contributed by atoms with van der Waals surface area (Å²) in [5, 5.41) is 22.7. The van der Waals surface area contributed by atoms with E-state index >= 15 is 0 Å². The molecule has 4 aliphatic rings. The zero-order valence-electron chi connectivity index (χ0n) is 26.1. The van der Waals surface area contributed by atoms with Crippen molar-refractivity contribution in [3.8, 4) is 0 Å². The van der Waals surface area contributed by atoms with Crippen LogP contribution in [0, 0.1) is 16.0 Å². The van der Waals surface area contributed by atoms with E-state index in [9.17, 15) is 14.9 Å². The molecule has 1 aliphatic carbocycles. The number of amides is 1. The van der Waals surface area contributed by atoms with E-state index in [1.165, 1.54) is 21.6 Å². The van der Waals surface area contributed by atoms with Crippen LogP contribution in [0.1, 0.15) is 53.8 Å². The van der Waals surface area contributed by atoms with Gasteiger partial charge in [0.05, 0.1) is 43.1 Å². The molecule has 1 amide bonds. The van der Waals surface area contributed by atoms with Gasteiger partial charge in [-0.3, -0.25) is 19.6 Å². The summed E-state index contributed by atoms with van der Waals surface area (Å²) in [6.07, 6.45) is 6.15. The topological polar surface area (TPSA) is 119 Å². The van der Waals surface area contributed by atoms with Crippen LogP contribution in [0.25, 0.3) is 6.08 Å². The van der Waals surface area contributed by atoms with Crippen molar-refractivity contribution in [2.75, 3.05) is 62.4 Å². The zero-order chi connectivity index (χ0) is 31.6. The number of carbonyl (C=O) groups is 1. The summed E-state index contributed by atoms with van der Waals surface area (Å²) >= 11 is 0. The van der Waals surface area contributed by atoms with Gasteiger partial charge in [0.25, 0.3) is 0 Å². The third kappa shape index (κ3) is 5.90. The minimum absolute atomic E-state index is 0.0434. The number of hydrogen-bond donors (Lipinski definition) is 0. The van der Waals surface area contributed by atoms with Crippen molar-refractivity contribution in [1.82, 2.24) is 14.8 Å². The van der Waals surface area contributed by atoms with E-state index in [-0.39, 0.29) is 17.3 Å². The minimum atomic E-state index is -0.558. The van der Waals surface area contributed by atoms with Gasteiger partial charge < -0.3 is 19.3 Å². The number of aromatic nitrogens is 2. The highest BCUT2D eigenvalue weighted by Gasteiger charge is 2.46. The molecule has 1 saturated carbocycles. The van der Waals surface area contributed by atoms with Gasteiger partial charge >= 0.3 is 11.6 Å². The highest BCUT2D eigenvalue weighted by molar-refractivity contribution is 6.09. The van der Waals surface area contributed by atoms with E-state index in [2.05, 4.69) is 69.5 Å². The smallest absolute Gasteiger partial charge is 0.320 e. The van der Waals surface area contributed by atoms with Gasteiger partial charge in [0.15, 0.2) is 0 Å². The van der Waals surface area contributed by atoms with E-state index in [0.717, 1.165) is 86.8 Å². The lowest BCUT2D eigenvalue weighted by Crippen LogP contribution is -2.36. The van der Waals surface area contributed by atoms with E-state index < -0.39 is 16.9 Å². The van der Waals surface area contributed by atoms with Crippen LogP contribution >= 0.6 is 0 Å². The highest BCUT2D eigenvalue weighted by Crippen LogP contribution is 2.45. The molecule has 12 heteroatoms. The standard InChI is InChI=1S/C34H39N7O5/c1-2-39-23-30(41(43)44)32(35-39)34(42)40-33(25-8-12-28(13-9-25)38-16-20-46-21-17-38)29-5-3-4-26(31(29)36-40)22-24-6-10-27(11-7-24)37-14-18-45-19-15-37/h6-13,22-23,29,33H,2-5,14-21H2,1H3/b26-22+/t29-,33-/m0/s1. The van der Waals surface area contributed by atoms with Crippen LogP contribution in [0.4, 0.5) is 17.1 Å². The fourth-order valence-corrected chi connectivity index (χ4v) is 6.98. The predicted octanol–water partition coefficient (Wildman–Crippen LogP) is 4.92. The third-order valence-corrected chi connectivity index (χ3v) is 9.40. The summed E-state index contributed by atoms with van der Waals surface area (Å²) in [6.45, 7) is 8.53. The highest BCUT2D eigenvalue weighted by atomic mass is 16.6. The molecule has 0 spiro atoms. The Balaban J connectivity index is 1.23. The third-order valence-electron chi connectivity index (χ3n) is 9.40. The first-order valence-corrected chi connectivity index (χ1v) is 16.2. The molecular weight excluding hydrogens is 586 g/mol. The first-order chi connectivity index (χ1) is 22.5. The number of anilines is 2. The van der Waals surface area contributed by atoms with Crippen LogP contribution in [0.3, 0.4) is 0 Å². The number of rotatable bonds is 7. The van der Waals surface area contributed by atoms with Gasteiger partial charge in [-0.1, -0.05) is 24.3 Å². The molecule has 46 heavy (non-hydrogen) atoms. The maximum absolute atomic E-state index is 14.2. The van der Waals surface area contributed by atoms with Crippen molar-refractivity contribution in [1.29, 1.82) is 0 Å². The number of nitrogens with zero attached hydrogens (tertiary/aromatic N) is 7. The van der Waals surface area contributed by atoms with E-state index in [0.29, 0.717) is 19.8 Å². The molecule has 0 bridgehead atoms. The second-order valence-corrected chi connectivity index (χ2v) is 12.1. The van der Waals surface area contributed by atoms with Crippen molar-refractivity contribution in [3.05, 3.63) is 87.2 Å². The largest absolute Gasteiger partial charge is 0.378 e. The normalized spacial score (nSPS) is 22.6. The molecule has 2 atom stereocenters. The van der Waals surface area contributed by atoms with Gasteiger partial charge in [0, 0.05) is 50.0 Å². The number of hydrogen-bond acceptors (Lipinski definition) is 9. The van der Waals surface area contributed by atoms with Crippen molar-refractivity contribution in [2.24, 2.45) is 11.0 Å². The zero-order valence-corrected chi connectivity index (χ0v) is 26.1. The number of nitro groups is 1. The summed E-state index contributed by atoms with van der Waals surface area (Å²) in [5.74, 6) is -0.601. The number of morpholine rings is 2. The fraction of sp³-hybridized carbons (Fsp3) is 0.441. The van der Waals surface area contributed by atoms with Crippen molar-refractivity contribution in [2.45, 2.75) is 38.8 Å². The lowest BCUT2D eigenvalue weighted by molar-refractivity contribution is -0.385. The quantitative estimate of drug-likeness (QED) is 0.268. The molecule has 0 radical (unpaired) electrons. The first kappa shape index (κ1) is 30.1. The Morgan fingerprint density at radius 2 is 1.57 bits per heavy atom. The van der Waals surface area contributed by atoms with Crippen molar-refractivity contribution < 1.29 is 19.2 Å². The maximum atomic E-state index is 14.2. The molecule has 3 aromatic rings. The summed E-state index contributed by atoms with van der Waals surface area (Å²) in [5.41, 5.74) is 5.77. The second-order valence-electron chi connectivity index (χ2n) is 12.1. The maximum Gasteiger partial charge on any atom is 0.320 e. The van der Waals surface area contributed by atoms with Gasteiger partial charge in [-0.05, 0) is 73.2 Å². The SMILES string of the molecule is CCn1cc([N+](=O)[O-])c(C(=O)N2N=C3/C(=C/c4ccc(N5CCOCC5)cc4)CCC[C@@H]3[C@@H]2c2ccc(N3CCOCC3)cc2)n1. The number of ether oxygens (including phenoxy) is 2. The van der Waals surface area contributed by atoms with E-state index in [1.54, 1.807) is 0 Å². The average Bonchev–Trinajstić information content (AvgIpc) is 3.73. The molecule has 2 aromatic carbocycles. The predicted molar refractivity (Wildman–Crippen MR) is 175 cm³/mol. The number of benzene rings is 2. The molecule has 2 saturated heterocycles. The monoisotopic (exact) mass is 625 g/mol. The first-order valence-electron chi connectivity index (χ1n) is 16.2. The van der Waals surface area contributed by atoms with Gasteiger partial charge in [0.2, 0.25) is 5.69 Å². The van der Waals surface area contributed by atoms with Gasteiger partial charge in [-0.25, -0.2) is 5.01 Å². The lowest BCUT2D eigenvalue weighted by atomic mass is 9.77. The van der Waals surface area contributed by atoms with E-state index in [1.807, 2.05) is 6.92 Å². The van der Waals surface area contributed by atoms with Gasteiger partial charge in [-0.2, -0.15) is 10.2 Å². The number of carbonyl (C=O) groups excluding carboxylic acids is 1. The van der Waals surface area contributed by atoms with Crippen LogP contribution in [0.2, 0.25) is 0 Å². The molecule has 0 unspecified atom stereocenters. The Hall–Kier alpha value is -4.55. The number of hydrazone groups is 1. The van der Waals surface area contributed by atoms with Crippen LogP contribution in [0.5, 0.6) is 0 Å². The molecule has 7 rings (SSSR count). The van der Waals surface area contributed by atoms with Crippen molar-refractivity contribution in [3.63, 3.8) is 0 Å². The molecular formula is C34H39N7O5. The lowest BCUT2D eigenvalue weighted by Gasteiger charge is -2.31. The molecule has 4 heterocycles. The fourth-order valence-electron chi connectivity index (χ4n) is 6.98. The molecule has 0 N–H and O–H groups in total. The number of aryl methyl sites for hydroxylation is 1. The second kappa shape index (κ2) is 13.1. The van der Waals surface area contributed by atoms with Crippen molar-refractivity contribution >= 4 is 34.8 Å². The molecule has 240 valence electrons. The molecule has 3 aliphatic heterocycles. The Kier molecular flexibility index (Phi) is 8.55. The minimum Gasteiger partial charge on any atom is -0.378 e. The summed E-state index contributed by atoms with van der Waals surface area (Å²) in [6, 6.07) is 16.4. The molecule has 1 aromatic heterocycles. The Morgan fingerprint density at radius 3 is 2.15 bits per heavy atom. The summed E-state index contributed by atoms with van der Waals surface area (Å²) < 4.78 is 12.5. The number of fused-ring (bicyclic) bond motifs is 1. The summed E-state index contributed by atoms with van der Waals surface area (Å²) in [7, 11) is 0. The summed E-state index contributed by atoms with van der Waals surface area (Å²) in [4.78, 5) is 30.2. The van der Waals surface area contributed by atoms with Crippen LogP contribution < -0.4 is 9.80 Å². The van der Waals surface area contributed by atoms with Gasteiger partial charge in [0.1, 0.15) is 6.20 Å². The molecule has 12 nitrogen and oxygen atoms in total. The Labute approximate surface area is 268 Å². The van der Waals surface area contributed by atoms with Gasteiger partial charge in [-0.15, -0.1) is 0 Å². The average molecular weight is 626 g/mol. The molecule has 3 fully saturated rings. The van der Waals surface area contributed by atoms with Crippen LogP contribution in [-0.2, 0) is 16.0 Å². The Morgan fingerprint density at radius 1 is 0.957 bits per heavy atom.